The molecule has 31 heavy (non-hydrogen) atoms. The number of aromatic nitrogens is 1. The largest absolute Gasteiger partial charge is 0.376 e. The molecule has 1 fully saturated rings. The van der Waals surface area contributed by atoms with Crippen molar-refractivity contribution in [2.75, 3.05) is 26.4 Å². The van der Waals surface area contributed by atoms with Crippen molar-refractivity contribution < 1.29 is 17.9 Å². The topological polar surface area (TPSA) is 88.7 Å². The highest BCUT2D eigenvalue weighted by molar-refractivity contribution is 7.89. The van der Waals surface area contributed by atoms with Gasteiger partial charge in [0.1, 0.15) is 0 Å². The highest BCUT2D eigenvalue weighted by Gasteiger charge is 2.29. The number of ether oxygens (including phenoxy) is 2. The van der Waals surface area contributed by atoms with E-state index in [1.807, 2.05) is 26.0 Å². The molecule has 1 saturated heterocycles. The molecule has 3 aromatic rings. The van der Waals surface area contributed by atoms with Crippen molar-refractivity contribution in [1.29, 1.82) is 0 Å². The van der Waals surface area contributed by atoms with Crippen molar-refractivity contribution in [3.63, 3.8) is 0 Å². The number of fused-ring (bicyclic) bond motifs is 1. The average Bonchev–Trinajstić information content (AvgIpc) is 2.76. The van der Waals surface area contributed by atoms with Gasteiger partial charge in [-0.1, -0.05) is 18.2 Å². The standard InChI is InChI=1S/C23H26N2O5S/c1-16-10-18-12-19(23(26)24-22(18)11-17(16)2)13-25(14-20-15-29-8-9-30-20)31(27,28)21-6-4-3-5-7-21/h3-7,10-12,20H,8-9,13-15H2,1-2H3,(H,24,26)/t20-/m0/s1. The molecule has 0 aliphatic carbocycles. The summed E-state index contributed by atoms with van der Waals surface area (Å²) < 4.78 is 39.2. The fraction of sp³-hybridized carbons (Fsp3) is 0.348. The smallest absolute Gasteiger partial charge is 0.252 e. The number of benzene rings is 2. The van der Waals surface area contributed by atoms with E-state index in [4.69, 9.17) is 9.47 Å². The van der Waals surface area contributed by atoms with Crippen LogP contribution >= 0.6 is 0 Å². The fourth-order valence-electron chi connectivity index (χ4n) is 3.69. The summed E-state index contributed by atoms with van der Waals surface area (Å²) in [6.07, 6.45) is -0.392. The summed E-state index contributed by atoms with van der Waals surface area (Å²) >= 11 is 0. The van der Waals surface area contributed by atoms with Gasteiger partial charge in [0.05, 0.1) is 30.8 Å². The Morgan fingerprint density at radius 3 is 2.52 bits per heavy atom. The van der Waals surface area contributed by atoms with E-state index in [1.54, 1.807) is 36.4 Å². The van der Waals surface area contributed by atoms with Gasteiger partial charge in [-0.05, 0) is 60.7 Å². The molecule has 0 unspecified atom stereocenters. The summed E-state index contributed by atoms with van der Waals surface area (Å²) in [5.41, 5.74) is 3.00. The van der Waals surface area contributed by atoms with E-state index in [1.165, 1.54) is 4.31 Å². The molecule has 1 aromatic heterocycles. The molecule has 0 spiro atoms. The first kappa shape index (κ1) is 21.7. The van der Waals surface area contributed by atoms with Gasteiger partial charge in [0.15, 0.2) is 0 Å². The van der Waals surface area contributed by atoms with Crippen LogP contribution in [0.2, 0.25) is 0 Å². The Kier molecular flexibility index (Phi) is 6.24. The SMILES string of the molecule is Cc1cc2cc(CN(C[C@H]3COCCO3)S(=O)(=O)c3ccccc3)c(=O)[nH]c2cc1C. The second-order valence-electron chi connectivity index (χ2n) is 7.83. The first-order valence-corrected chi connectivity index (χ1v) is 11.7. The quantitative estimate of drug-likeness (QED) is 0.634. The van der Waals surface area contributed by atoms with Crippen LogP contribution in [-0.4, -0.2) is 50.2 Å². The third-order valence-corrected chi connectivity index (χ3v) is 7.38. The number of pyridine rings is 1. The number of H-pyrrole nitrogens is 1. The molecule has 4 rings (SSSR count). The van der Waals surface area contributed by atoms with Crippen molar-refractivity contribution in [3.05, 3.63) is 75.6 Å². The van der Waals surface area contributed by atoms with E-state index in [-0.39, 0.29) is 23.5 Å². The van der Waals surface area contributed by atoms with Crippen molar-refractivity contribution in [2.24, 2.45) is 0 Å². The van der Waals surface area contributed by atoms with Crippen molar-refractivity contribution in [1.82, 2.24) is 9.29 Å². The lowest BCUT2D eigenvalue weighted by atomic mass is 10.0. The minimum atomic E-state index is -3.84. The lowest BCUT2D eigenvalue weighted by Gasteiger charge is -2.29. The fourth-order valence-corrected chi connectivity index (χ4v) is 5.16. The molecule has 0 bridgehead atoms. The van der Waals surface area contributed by atoms with Gasteiger partial charge in [-0.2, -0.15) is 4.31 Å². The van der Waals surface area contributed by atoms with Crippen LogP contribution in [0.4, 0.5) is 0 Å². The van der Waals surface area contributed by atoms with Gasteiger partial charge >= 0.3 is 0 Å². The van der Waals surface area contributed by atoms with E-state index in [0.29, 0.717) is 25.4 Å². The molecular weight excluding hydrogens is 416 g/mol. The normalized spacial score (nSPS) is 17.3. The lowest BCUT2D eigenvalue weighted by Crippen LogP contribution is -2.43. The van der Waals surface area contributed by atoms with Crippen LogP contribution in [0.1, 0.15) is 16.7 Å². The van der Waals surface area contributed by atoms with Crippen LogP contribution in [0.5, 0.6) is 0 Å². The molecule has 164 valence electrons. The summed E-state index contributed by atoms with van der Waals surface area (Å²) in [4.78, 5) is 15.9. The molecule has 8 heteroatoms. The van der Waals surface area contributed by atoms with Crippen molar-refractivity contribution >= 4 is 20.9 Å². The van der Waals surface area contributed by atoms with E-state index < -0.39 is 16.1 Å². The Hall–Kier alpha value is -2.52. The van der Waals surface area contributed by atoms with Crippen LogP contribution in [0.3, 0.4) is 0 Å². The molecular formula is C23H26N2O5S. The van der Waals surface area contributed by atoms with Gasteiger partial charge in [-0.25, -0.2) is 8.42 Å². The molecule has 7 nitrogen and oxygen atoms in total. The van der Waals surface area contributed by atoms with E-state index in [0.717, 1.165) is 22.0 Å². The van der Waals surface area contributed by atoms with Crippen LogP contribution in [0, 0.1) is 13.8 Å². The zero-order chi connectivity index (χ0) is 22.0. The van der Waals surface area contributed by atoms with Gasteiger partial charge in [0, 0.05) is 24.2 Å². The zero-order valence-electron chi connectivity index (χ0n) is 17.6. The predicted molar refractivity (Wildman–Crippen MR) is 119 cm³/mol. The van der Waals surface area contributed by atoms with E-state index >= 15 is 0 Å². The van der Waals surface area contributed by atoms with Crippen LogP contribution < -0.4 is 5.56 Å². The number of nitrogens with zero attached hydrogens (tertiary/aromatic N) is 1. The highest BCUT2D eigenvalue weighted by atomic mass is 32.2. The number of aromatic amines is 1. The Balaban J connectivity index is 1.72. The third kappa shape index (κ3) is 4.72. The van der Waals surface area contributed by atoms with Gasteiger partial charge in [-0.3, -0.25) is 4.79 Å². The number of nitrogens with one attached hydrogen (secondary N) is 1. The molecule has 1 atom stereocenters. The highest BCUT2D eigenvalue weighted by Crippen LogP contribution is 2.21. The summed E-state index contributed by atoms with van der Waals surface area (Å²) in [5.74, 6) is 0. The molecule has 1 N–H and O–H groups in total. The lowest BCUT2D eigenvalue weighted by molar-refractivity contribution is -0.0923. The Morgan fingerprint density at radius 2 is 1.81 bits per heavy atom. The van der Waals surface area contributed by atoms with Crippen LogP contribution in [-0.2, 0) is 26.0 Å². The maximum absolute atomic E-state index is 13.4. The maximum Gasteiger partial charge on any atom is 0.252 e. The summed E-state index contributed by atoms with van der Waals surface area (Å²) in [6.45, 7) is 5.25. The van der Waals surface area contributed by atoms with Crippen LogP contribution in [0.15, 0.2) is 58.2 Å². The second kappa shape index (κ2) is 8.92. The minimum Gasteiger partial charge on any atom is -0.376 e. The number of sulfonamides is 1. The molecule has 0 saturated carbocycles. The predicted octanol–water partition coefficient (Wildman–Crippen LogP) is 2.75. The number of hydrogen-bond acceptors (Lipinski definition) is 5. The van der Waals surface area contributed by atoms with Gasteiger partial charge in [0.2, 0.25) is 10.0 Å². The van der Waals surface area contributed by atoms with Gasteiger partial charge in [-0.15, -0.1) is 0 Å². The molecule has 0 amide bonds. The molecule has 1 aliphatic heterocycles. The zero-order valence-corrected chi connectivity index (χ0v) is 18.4. The summed E-state index contributed by atoms with van der Waals surface area (Å²) in [6, 6.07) is 13.9. The molecule has 0 radical (unpaired) electrons. The van der Waals surface area contributed by atoms with Gasteiger partial charge < -0.3 is 14.5 Å². The first-order valence-electron chi connectivity index (χ1n) is 10.2. The Labute approximate surface area is 181 Å². The third-order valence-electron chi connectivity index (χ3n) is 5.56. The molecule has 2 heterocycles. The number of hydrogen-bond donors (Lipinski definition) is 1. The van der Waals surface area contributed by atoms with Crippen LogP contribution in [0.25, 0.3) is 10.9 Å². The van der Waals surface area contributed by atoms with Crippen molar-refractivity contribution in [2.45, 2.75) is 31.4 Å². The average molecular weight is 443 g/mol. The van der Waals surface area contributed by atoms with E-state index in [2.05, 4.69) is 4.98 Å². The number of aryl methyl sites for hydroxylation is 2. The van der Waals surface area contributed by atoms with Gasteiger partial charge in [0.25, 0.3) is 5.56 Å². The molecule has 2 aromatic carbocycles. The summed E-state index contributed by atoms with van der Waals surface area (Å²) in [7, 11) is -3.84. The maximum atomic E-state index is 13.4. The number of rotatable bonds is 6. The Bertz CT molecular complexity index is 1230. The minimum absolute atomic E-state index is 0.0602. The second-order valence-corrected chi connectivity index (χ2v) is 9.76. The monoisotopic (exact) mass is 442 g/mol. The Morgan fingerprint density at radius 1 is 1.06 bits per heavy atom. The first-order chi connectivity index (χ1) is 14.8. The summed E-state index contributed by atoms with van der Waals surface area (Å²) in [5, 5.41) is 0.868. The van der Waals surface area contributed by atoms with E-state index in [9.17, 15) is 13.2 Å². The molecule has 1 aliphatic rings. The van der Waals surface area contributed by atoms with Crippen molar-refractivity contribution in [3.8, 4) is 0 Å².